The molecule has 0 spiro atoms. The Balaban J connectivity index is 2.26. The van der Waals surface area contributed by atoms with Gasteiger partial charge in [0.25, 0.3) is 17.5 Å². The molecule has 0 radical (unpaired) electrons. The summed E-state index contributed by atoms with van der Waals surface area (Å²) in [6, 6.07) is 12.6. The maximum absolute atomic E-state index is 12.3. The number of hydrogen-bond acceptors (Lipinski definition) is 4. The van der Waals surface area contributed by atoms with E-state index >= 15 is 0 Å². The Morgan fingerprint density at radius 1 is 1.04 bits per heavy atom. The first-order valence-electron chi connectivity index (χ1n) is 7.47. The number of likely N-dealkylation sites (N-methyl/N-ethyl adjacent to an activating group) is 1. The molecule has 128 valence electrons. The molecule has 0 bridgehead atoms. The number of hydrogen-bond donors (Lipinski definition) is 2. The van der Waals surface area contributed by atoms with Crippen LogP contribution in [0.2, 0.25) is 0 Å². The van der Waals surface area contributed by atoms with Gasteiger partial charge in [0.1, 0.15) is 5.70 Å². The van der Waals surface area contributed by atoms with Crippen molar-refractivity contribution < 1.29 is 14.5 Å². The summed E-state index contributed by atoms with van der Waals surface area (Å²) in [6.07, 6.45) is 1.45. The molecule has 7 nitrogen and oxygen atoms in total. The van der Waals surface area contributed by atoms with Crippen LogP contribution in [0.25, 0.3) is 6.08 Å². The molecule has 0 heterocycles. The third-order valence-electron chi connectivity index (χ3n) is 3.45. The Bertz CT molecular complexity index is 824. The van der Waals surface area contributed by atoms with E-state index in [4.69, 9.17) is 0 Å². The van der Waals surface area contributed by atoms with Gasteiger partial charge in [-0.15, -0.1) is 0 Å². The van der Waals surface area contributed by atoms with Gasteiger partial charge < -0.3 is 10.6 Å². The predicted octanol–water partition coefficient (Wildman–Crippen LogP) is 2.42. The van der Waals surface area contributed by atoms with Gasteiger partial charge in [-0.1, -0.05) is 17.7 Å². The molecule has 0 aliphatic heterocycles. The summed E-state index contributed by atoms with van der Waals surface area (Å²) in [5.41, 5.74) is 1.98. The highest BCUT2D eigenvalue weighted by Gasteiger charge is 2.13. The highest BCUT2D eigenvalue weighted by atomic mass is 16.6. The van der Waals surface area contributed by atoms with Crippen molar-refractivity contribution in [2.24, 2.45) is 0 Å². The summed E-state index contributed by atoms with van der Waals surface area (Å²) in [4.78, 5) is 34.5. The van der Waals surface area contributed by atoms with Crippen LogP contribution in [-0.2, 0) is 4.79 Å². The zero-order valence-corrected chi connectivity index (χ0v) is 13.8. The monoisotopic (exact) mass is 339 g/mol. The van der Waals surface area contributed by atoms with E-state index in [-0.39, 0.29) is 11.4 Å². The first kappa shape index (κ1) is 17.9. The lowest BCUT2D eigenvalue weighted by molar-refractivity contribution is -0.384. The van der Waals surface area contributed by atoms with E-state index in [0.717, 1.165) is 5.56 Å². The Hall–Kier alpha value is -3.48. The molecule has 0 unspecified atom stereocenters. The summed E-state index contributed by atoms with van der Waals surface area (Å²) in [6.45, 7) is 1.91. The van der Waals surface area contributed by atoms with Crippen molar-refractivity contribution in [1.29, 1.82) is 0 Å². The normalized spacial score (nSPS) is 10.9. The fourth-order valence-electron chi connectivity index (χ4n) is 2.05. The molecule has 0 aliphatic carbocycles. The topological polar surface area (TPSA) is 101 Å². The van der Waals surface area contributed by atoms with Crippen molar-refractivity contribution >= 4 is 23.6 Å². The van der Waals surface area contributed by atoms with Gasteiger partial charge in [-0.05, 0) is 42.8 Å². The summed E-state index contributed by atoms with van der Waals surface area (Å²) < 4.78 is 0. The molecule has 2 rings (SSSR count). The molecule has 7 heteroatoms. The maximum Gasteiger partial charge on any atom is 0.269 e. The molecular weight excluding hydrogens is 322 g/mol. The summed E-state index contributed by atoms with van der Waals surface area (Å²) in [5.74, 6) is -0.893. The number of carbonyl (C=O) groups excluding carboxylic acids is 2. The lowest BCUT2D eigenvalue weighted by Gasteiger charge is -2.09. The van der Waals surface area contributed by atoms with E-state index in [2.05, 4.69) is 10.6 Å². The van der Waals surface area contributed by atoms with Gasteiger partial charge in [0.2, 0.25) is 0 Å². The largest absolute Gasteiger partial charge is 0.354 e. The van der Waals surface area contributed by atoms with E-state index in [1.165, 1.54) is 37.4 Å². The van der Waals surface area contributed by atoms with Gasteiger partial charge in [0.15, 0.2) is 0 Å². The Kier molecular flexibility index (Phi) is 5.62. The van der Waals surface area contributed by atoms with Crippen LogP contribution in [0, 0.1) is 17.0 Å². The van der Waals surface area contributed by atoms with Gasteiger partial charge >= 0.3 is 0 Å². The highest BCUT2D eigenvalue weighted by molar-refractivity contribution is 6.05. The lowest BCUT2D eigenvalue weighted by atomic mass is 10.1. The number of rotatable bonds is 5. The number of benzene rings is 2. The number of nitrogens with zero attached hydrogens (tertiary/aromatic N) is 1. The Morgan fingerprint density at radius 3 is 2.16 bits per heavy atom. The third kappa shape index (κ3) is 4.74. The molecule has 0 saturated carbocycles. The minimum Gasteiger partial charge on any atom is -0.354 e. The Morgan fingerprint density at radius 2 is 1.64 bits per heavy atom. The fraction of sp³-hybridized carbons (Fsp3) is 0.111. The lowest BCUT2D eigenvalue weighted by Crippen LogP contribution is -2.33. The minimum absolute atomic E-state index is 0.0435. The number of amides is 2. The van der Waals surface area contributed by atoms with Gasteiger partial charge in [0.05, 0.1) is 4.92 Å². The zero-order valence-electron chi connectivity index (χ0n) is 13.8. The second kappa shape index (κ2) is 7.87. The molecule has 2 amide bonds. The van der Waals surface area contributed by atoms with Crippen LogP contribution in [0.3, 0.4) is 0 Å². The SMILES string of the molecule is CNC(=O)/C(=C\c1ccc([N+](=O)[O-])cc1)NC(=O)c1ccc(C)cc1. The van der Waals surface area contributed by atoms with E-state index in [0.29, 0.717) is 11.1 Å². The van der Waals surface area contributed by atoms with Crippen molar-refractivity contribution in [3.63, 3.8) is 0 Å². The van der Waals surface area contributed by atoms with Crippen LogP contribution in [0.5, 0.6) is 0 Å². The summed E-state index contributed by atoms with van der Waals surface area (Å²) >= 11 is 0. The number of carbonyl (C=O) groups is 2. The summed E-state index contributed by atoms with van der Waals surface area (Å²) in [7, 11) is 1.45. The van der Waals surface area contributed by atoms with E-state index in [9.17, 15) is 19.7 Å². The van der Waals surface area contributed by atoms with Crippen molar-refractivity contribution in [2.45, 2.75) is 6.92 Å². The van der Waals surface area contributed by atoms with E-state index in [1.807, 2.05) is 6.92 Å². The standard InChI is InChI=1S/C18H17N3O4/c1-12-3-7-14(8-4-12)17(22)20-16(18(23)19-2)11-13-5-9-15(10-6-13)21(24)25/h3-11H,1-2H3,(H,19,23)(H,20,22)/b16-11+. The zero-order chi connectivity index (χ0) is 18.4. The van der Waals surface area contributed by atoms with E-state index in [1.54, 1.807) is 24.3 Å². The molecule has 2 aromatic rings. The number of nitro benzene ring substituents is 1. The van der Waals surface area contributed by atoms with Crippen molar-refractivity contribution in [2.75, 3.05) is 7.05 Å². The molecule has 25 heavy (non-hydrogen) atoms. The number of nitro groups is 1. The highest BCUT2D eigenvalue weighted by Crippen LogP contribution is 2.14. The minimum atomic E-state index is -0.508. The van der Waals surface area contributed by atoms with Crippen LogP contribution in [0.4, 0.5) is 5.69 Å². The van der Waals surface area contributed by atoms with Gasteiger partial charge in [0, 0.05) is 24.7 Å². The molecule has 0 saturated heterocycles. The smallest absolute Gasteiger partial charge is 0.269 e. The number of aryl methyl sites for hydroxylation is 1. The van der Waals surface area contributed by atoms with Crippen LogP contribution in [0.1, 0.15) is 21.5 Å². The molecule has 0 aromatic heterocycles. The third-order valence-corrected chi connectivity index (χ3v) is 3.45. The first-order chi connectivity index (χ1) is 11.9. The predicted molar refractivity (Wildman–Crippen MR) is 93.8 cm³/mol. The van der Waals surface area contributed by atoms with E-state index < -0.39 is 16.7 Å². The molecular formula is C18H17N3O4. The van der Waals surface area contributed by atoms with Crippen molar-refractivity contribution in [3.8, 4) is 0 Å². The molecule has 0 atom stereocenters. The summed E-state index contributed by atoms with van der Waals surface area (Å²) in [5, 5.41) is 15.7. The van der Waals surface area contributed by atoms with Gasteiger partial charge in [-0.2, -0.15) is 0 Å². The molecule has 0 aliphatic rings. The van der Waals surface area contributed by atoms with Crippen molar-refractivity contribution in [1.82, 2.24) is 10.6 Å². The maximum atomic E-state index is 12.3. The fourth-order valence-corrected chi connectivity index (χ4v) is 2.05. The molecule has 2 N–H and O–H groups in total. The first-order valence-corrected chi connectivity index (χ1v) is 7.47. The average molecular weight is 339 g/mol. The Labute approximate surface area is 144 Å². The number of non-ortho nitro benzene ring substituents is 1. The van der Waals surface area contributed by atoms with Crippen LogP contribution in [0.15, 0.2) is 54.2 Å². The quantitative estimate of drug-likeness (QED) is 0.496. The molecule has 0 fully saturated rings. The molecule has 2 aromatic carbocycles. The number of nitrogens with one attached hydrogen (secondary N) is 2. The van der Waals surface area contributed by atoms with Gasteiger partial charge in [-0.25, -0.2) is 0 Å². The van der Waals surface area contributed by atoms with Crippen LogP contribution in [-0.4, -0.2) is 23.8 Å². The van der Waals surface area contributed by atoms with Crippen LogP contribution < -0.4 is 10.6 Å². The van der Waals surface area contributed by atoms with Gasteiger partial charge in [-0.3, -0.25) is 19.7 Å². The van der Waals surface area contributed by atoms with Crippen molar-refractivity contribution in [3.05, 3.63) is 81.0 Å². The second-order valence-corrected chi connectivity index (χ2v) is 5.31. The average Bonchev–Trinajstić information content (AvgIpc) is 2.61. The second-order valence-electron chi connectivity index (χ2n) is 5.31. The van der Waals surface area contributed by atoms with Crippen LogP contribution >= 0.6 is 0 Å².